The monoisotopic (exact) mass is 357 g/mol. The molecule has 1 amide bonds. The van der Waals surface area contributed by atoms with E-state index in [4.69, 9.17) is 0 Å². The molecule has 1 aliphatic rings. The largest absolute Gasteiger partial charge is 0.326 e. The van der Waals surface area contributed by atoms with Gasteiger partial charge in [-0.25, -0.2) is 4.98 Å². The van der Waals surface area contributed by atoms with Crippen molar-refractivity contribution in [1.29, 1.82) is 0 Å². The molecule has 0 spiro atoms. The molecule has 1 aliphatic heterocycles. The summed E-state index contributed by atoms with van der Waals surface area (Å²) >= 11 is 1.50. The van der Waals surface area contributed by atoms with E-state index in [2.05, 4.69) is 16.5 Å². The molecule has 0 fully saturated rings. The Hall–Kier alpha value is -2.08. The van der Waals surface area contributed by atoms with Gasteiger partial charge in [0.25, 0.3) is 0 Å². The third kappa shape index (κ3) is 3.63. The maximum absolute atomic E-state index is 12.8. The van der Waals surface area contributed by atoms with Crippen molar-refractivity contribution >= 4 is 29.1 Å². The van der Waals surface area contributed by atoms with E-state index >= 15 is 0 Å². The van der Waals surface area contributed by atoms with Crippen LogP contribution in [0.3, 0.4) is 0 Å². The highest BCUT2D eigenvalue weighted by Crippen LogP contribution is 2.31. The van der Waals surface area contributed by atoms with Gasteiger partial charge < -0.3 is 9.47 Å². The normalized spacial score (nSPS) is 14.4. The van der Waals surface area contributed by atoms with Crippen LogP contribution >= 0.6 is 11.8 Å². The lowest BCUT2D eigenvalue weighted by Crippen LogP contribution is -2.25. The van der Waals surface area contributed by atoms with Gasteiger partial charge in [0, 0.05) is 43.7 Å². The molecule has 2 aromatic rings. The number of thioether (sulfide) groups is 1. The average Bonchev–Trinajstić information content (AvgIpc) is 3.20. The molecule has 25 heavy (non-hydrogen) atoms. The van der Waals surface area contributed by atoms with Crippen LogP contribution in [-0.4, -0.2) is 33.0 Å². The van der Waals surface area contributed by atoms with Crippen molar-refractivity contribution in [2.75, 3.05) is 11.4 Å². The molecule has 0 aliphatic carbocycles. The summed E-state index contributed by atoms with van der Waals surface area (Å²) < 4.78 is 2.09. The third-order valence-electron chi connectivity index (χ3n) is 4.43. The van der Waals surface area contributed by atoms with Crippen molar-refractivity contribution in [2.24, 2.45) is 0 Å². The molecule has 1 aromatic heterocycles. The summed E-state index contributed by atoms with van der Waals surface area (Å²) in [5.74, 6) is 0.143. The highest BCUT2D eigenvalue weighted by atomic mass is 32.2. The molecule has 132 valence electrons. The topological polar surface area (TPSA) is 55.2 Å². The number of aromatic nitrogens is 2. The van der Waals surface area contributed by atoms with E-state index in [1.54, 1.807) is 18.0 Å². The summed E-state index contributed by atoms with van der Waals surface area (Å²) in [6.07, 6.45) is 5.57. The Morgan fingerprint density at radius 3 is 2.88 bits per heavy atom. The lowest BCUT2D eigenvalue weighted by Gasteiger charge is -2.15. The number of carbonyl (C=O) groups is 2. The van der Waals surface area contributed by atoms with Crippen molar-refractivity contribution in [3.05, 3.63) is 41.7 Å². The van der Waals surface area contributed by atoms with Crippen LogP contribution < -0.4 is 4.90 Å². The van der Waals surface area contributed by atoms with Crippen molar-refractivity contribution in [1.82, 2.24) is 9.55 Å². The Kier molecular flexibility index (Phi) is 5.27. The molecule has 0 saturated carbocycles. The minimum absolute atomic E-state index is 0.0458. The number of fused-ring (bicyclic) bond motifs is 1. The maximum atomic E-state index is 12.8. The molecule has 0 unspecified atom stereocenters. The number of anilines is 1. The average molecular weight is 357 g/mol. The van der Waals surface area contributed by atoms with Crippen molar-refractivity contribution in [3.63, 3.8) is 0 Å². The summed E-state index contributed by atoms with van der Waals surface area (Å²) in [6.45, 7) is 7.22. The van der Waals surface area contributed by atoms with Crippen LogP contribution in [0.15, 0.2) is 35.7 Å². The zero-order chi connectivity index (χ0) is 18.0. The number of ketones is 1. The first kappa shape index (κ1) is 17.7. The second-order valence-electron chi connectivity index (χ2n) is 6.29. The Balaban J connectivity index is 1.75. The molecule has 0 radical (unpaired) electrons. The van der Waals surface area contributed by atoms with E-state index in [0.717, 1.165) is 35.8 Å². The SMILES string of the molecule is CCCn1ccnc1S[C@@H](C)C(=O)c1ccc2c(c1)CCN2C(C)=O. The number of carbonyl (C=O) groups excluding carboxylic acids is 2. The summed E-state index contributed by atoms with van der Waals surface area (Å²) in [5, 5.41) is 0.674. The van der Waals surface area contributed by atoms with E-state index in [1.165, 1.54) is 11.8 Å². The fourth-order valence-electron chi connectivity index (χ4n) is 3.15. The standard InChI is InChI=1S/C19H23N3O2S/c1-4-9-21-11-8-20-19(21)25-13(2)18(24)16-5-6-17-15(12-16)7-10-22(17)14(3)23/h5-6,8,11-13H,4,7,9-10H2,1-3H3/t13-/m0/s1. The summed E-state index contributed by atoms with van der Waals surface area (Å²) in [4.78, 5) is 30.6. The molecular formula is C19H23N3O2S. The molecule has 1 atom stereocenters. The van der Waals surface area contributed by atoms with Crippen LogP contribution in [0.4, 0.5) is 5.69 Å². The first-order valence-corrected chi connectivity index (χ1v) is 9.52. The lowest BCUT2D eigenvalue weighted by atomic mass is 10.0. The van der Waals surface area contributed by atoms with Crippen LogP contribution in [-0.2, 0) is 17.8 Å². The quantitative estimate of drug-likeness (QED) is 0.586. The predicted molar refractivity (Wildman–Crippen MR) is 100 cm³/mol. The number of Topliss-reactive ketones (excluding diaryl/α,β-unsaturated/α-hetero) is 1. The third-order valence-corrected chi connectivity index (χ3v) is 5.55. The van der Waals surface area contributed by atoms with Crippen LogP contribution in [0, 0.1) is 0 Å². The van der Waals surface area contributed by atoms with Gasteiger partial charge in [0.15, 0.2) is 10.9 Å². The molecular weight excluding hydrogens is 334 g/mol. The minimum Gasteiger partial charge on any atom is -0.326 e. The van der Waals surface area contributed by atoms with E-state index in [-0.39, 0.29) is 16.9 Å². The maximum Gasteiger partial charge on any atom is 0.223 e. The van der Waals surface area contributed by atoms with Crippen molar-refractivity contribution in [2.45, 2.75) is 50.6 Å². The first-order valence-electron chi connectivity index (χ1n) is 8.64. The zero-order valence-electron chi connectivity index (χ0n) is 14.9. The van der Waals surface area contributed by atoms with E-state index < -0.39 is 0 Å². The molecule has 2 heterocycles. The number of nitrogens with zero attached hydrogens (tertiary/aromatic N) is 3. The Morgan fingerprint density at radius 1 is 1.36 bits per heavy atom. The van der Waals surface area contributed by atoms with Gasteiger partial charge in [-0.05, 0) is 43.5 Å². The predicted octanol–water partition coefficient (Wildman–Crippen LogP) is 3.57. The Labute approximate surface area is 152 Å². The van der Waals surface area contributed by atoms with Crippen LogP contribution in [0.25, 0.3) is 0 Å². The van der Waals surface area contributed by atoms with Gasteiger partial charge in [-0.15, -0.1) is 0 Å². The van der Waals surface area contributed by atoms with Gasteiger partial charge in [0.2, 0.25) is 5.91 Å². The number of rotatable bonds is 6. The van der Waals surface area contributed by atoms with Gasteiger partial charge in [-0.3, -0.25) is 9.59 Å². The van der Waals surface area contributed by atoms with E-state index in [9.17, 15) is 9.59 Å². The van der Waals surface area contributed by atoms with Gasteiger partial charge in [-0.1, -0.05) is 18.7 Å². The Morgan fingerprint density at radius 2 is 2.16 bits per heavy atom. The van der Waals surface area contributed by atoms with Gasteiger partial charge in [-0.2, -0.15) is 0 Å². The highest BCUT2D eigenvalue weighted by Gasteiger charge is 2.25. The number of aryl methyl sites for hydroxylation is 1. The zero-order valence-corrected chi connectivity index (χ0v) is 15.7. The number of hydrogen-bond donors (Lipinski definition) is 0. The van der Waals surface area contributed by atoms with Crippen LogP contribution in [0.2, 0.25) is 0 Å². The summed E-state index contributed by atoms with van der Waals surface area (Å²) in [5.41, 5.74) is 2.71. The van der Waals surface area contributed by atoms with Gasteiger partial charge >= 0.3 is 0 Å². The molecule has 3 rings (SSSR count). The van der Waals surface area contributed by atoms with Gasteiger partial charge in [0.05, 0.1) is 5.25 Å². The molecule has 1 aromatic carbocycles. The van der Waals surface area contributed by atoms with Crippen molar-refractivity contribution in [3.8, 4) is 0 Å². The molecule has 0 bridgehead atoms. The number of imidazole rings is 1. The van der Waals surface area contributed by atoms with Crippen LogP contribution in [0.5, 0.6) is 0 Å². The van der Waals surface area contributed by atoms with Crippen LogP contribution in [0.1, 0.15) is 43.1 Å². The first-order chi connectivity index (χ1) is 12.0. The smallest absolute Gasteiger partial charge is 0.223 e. The molecule has 6 heteroatoms. The number of hydrogen-bond acceptors (Lipinski definition) is 4. The second kappa shape index (κ2) is 7.44. The molecule has 5 nitrogen and oxygen atoms in total. The van der Waals surface area contributed by atoms with E-state index in [0.29, 0.717) is 12.1 Å². The van der Waals surface area contributed by atoms with E-state index in [1.807, 2.05) is 31.3 Å². The molecule has 0 saturated heterocycles. The fraction of sp³-hybridized carbons (Fsp3) is 0.421. The summed E-state index contributed by atoms with van der Waals surface area (Å²) in [7, 11) is 0. The number of benzene rings is 1. The lowest BCUT2D eigenvalue weighted by molar-refractivity contribution is -0.116. The molecule has 0 N–H and O–H groups in total. The minimum atomic E-state index is -0.207. The highest BCUT2D eigenvalue weighted by molar-refractivity contribution is 8.00. The van der Waals surface area contributed by atoms with Crippen molar-refractivity contribution < 1.29 is 9.59 Å². The second-order valence-corrected chi connectivity index (χ2v) is 7.60. The van der Waals surface area contributed by atoms with Gasteiger partial charge in [0.1, 0.15) is 0 Å². The summed E-state index contributed by atoms with van der Waals surface area (Å²) in [6, 6.07) is 5.67. The fourth-order valence-corrected chi connectivity index (χ4v) is 4.12. The Bertz CT molecular complexity index is 800. The number of amides is 1.